The van der Waals surface area contributed by atoms with E-state index in [4.69, 9.17) is 38.4 Å². The zero-order valence-electron chi connectivity index (χ0n) is 22.3. The molecular formula is C30H30N2O6. The van der Waals surface area contributed by atoms with Crippen LogP contribution in [0.2, 0.25) is 0 Å². The molecule has 0 N–H and O–H groups in total. The second kappa shape index (κ2) is 12.0. The van der Waals surface area contributed by atoms with Gasteiger partial charge < -0.3 is 28.4 Å². The van der Waals surface area contributed by atoms with Crippen molar-refractivity contribution in [2.24, 2.45) is 0 Å². The molecule has 0 fully saturated rings. The Kier molecular flexibility index (Phi) is 8.33. The van der Waals surface area contributed by atoms with Gasteiger partial charge in [-0.05, 0) is 59.7 Å². The number of aromatic nitrogens is 2. The molecule has 4 aromatic rings. The first-order valence-corrected chi connectivity index (χ1v) is 11.8. The van der Waals surface area contributed by atoms with Crippen LogP contribution in [0.15, 0.2) is 48.5 Å². The van der Waals surface area contributed by atoms with E-state index in [0.29, 0.717) is 45.9 Å². The van der Waals surface area contributed by atoms with Gasteiger partial charge in [0.2, 0.25) is 11.5 Å². The van der Waals surface area contributed by atoms with Gasteiger partial charge in [-0.1, -0.05) is 24.3 Å². The number of fused-ring (bicyclic) bond motifs is 1. The standard InChI is InChI=1S/C30H30N2O6/c1-33-25-15-19(16-26(34-2)29(25)37-5)11-13-23-24(32-22-10-8-7-9-21(22)31-23)14-12-20-17-27(35-3)30(38-6)28(18-20)36-4/h7-18H,1-6H3/b13-11-,14-12-. The molecule has 1 aromatic heterocycles. The molecule has 0 aliphatic carbocycles. The van der Waals surface area contributed by atoms with Crippen LogP contribution in [0.3, 0.4) is 0 Å². The maximum absolute atomic E-state index is 5.49. The van der Waals surface area contributed by atoms with Crippen molar-refractivity contribution in [3.05, 3.63) is 71.0 Å². The molecule has 0 aliphatic heterocycles. The van der Waals surface area contributed by atoms with Crippen LogP contribution in [0.4, 0.5) is 0 Å². The van der Waals surface area contributed by atoms with Crippen LogP contribution in [0, 0.1) is 0 Å². The zero-order chi connectivity index (χ0) is 27.1. The van der Waals surface area contributed by atoms with Gasteiger partial charge in [0, 0.05) is 0 Å². The first-order chi connectivity index (χ1) is 18.5. The highest BCUT2D eigenvalue weighted by atomic mass is 16.5. The lowest BCUT2D eigenvalue weighted by atomic mass is 10.1. The summed E-state index contributed by atoms with van der Waals surface area (Å²) in [5.41, 5.74) is 4.69. The average molecular weight is 515 g/mol. The number of benzene rings is 3. The van der Waals surface area contributed by atoms with Crippen molar-refractivity contribution in [3.8, 4) is 34.5 Å². The van der Waals surface area contributed by atoms with Crippen LogP contribution in [-0.2, 0) is 0 Å². The summed E-state index contributed by atoms with van der Waals surface area (Å²) in [6.45, 7) is 0. The predicted octanol–water partition coefficient (Wildman–Crippen LogP) is 6.02. The third-order valence-corrected chi connectivity index (χ3v) is 5.87. The molecule has 0 saturated carbocycles. The Morgan fingerprint density at radius 1 is 0.474 bits per heavy atom. The van der Waals surface area contributed by atoms with Crippen LogP contribution < -0.4 is 28.4 Å². The molecule has 0 unspecified atom stereocenters. The number of ether oxygens (including phenoxy) is 6. The molecule has 0 saturated heterocycles. The Bertz CT molecular complexity index is 1330. The quantitative estimate of drug-likeness (QED) is 0.254. The highest BCUT2D eigenvalue weighted by molar-refractivity contribution is 5.83. The molecule has 1 heterocycles. The van der Waals surface area contributed by atoms with E-state index in [9.17, 15) is 0 Å². The Morgan fingerprint density at radius 2 is 0.816 bits per heavy atom. The summed E-state index contributed by atoms with van der Waals surface area (Å²) in [6, 6.07) is 15.2. The van der Waals surface area contributed by atoms with E-state index >= 15 is 0 Å². The minimum atomic E-state index is 0.534. The maximum atomic E-state index is 5.49. The van der Waals surface area contributed by atoms with E-state index in [1.807, 2.05) is 72.8 Å². The number of hydrogen-bond acceptors (Lipinski definition) is 8. The summed E-state index contributed by atoms with van der Waals surface area (Å²) in [7, 11) is 9.51. The van der Waals surface area contributed by atoms with Gasteiger partial charge in [-0.25, -0.2) is 9.97 Å². The summed E-state index contributed by atoms with van der Waals surface area (Å²) >= 11 is 0. The largest absolute Gasteiger partial charge is 0.493 e. The second-order valence-corrected chi connectivity index (χ2v) is 8.07. The lowest BCUT2D eigenvalue weighted by Gasteiger charge is -2.13. The smallest absolute Gasteiger partial charge is 0.203 e. The lowest BCUT2D eigenvalue weighted by molar-refractivity contribution is 0.324. The normalized spacial score (nSPS) is 11.2. The monoisotopic (exact) mass is 514 g/mol. The van der Waals surface area contributed by atoms with Crippen molar-refractivity contribution in [2.75, 3.05) is 42.7 Å². The molecule has 0 radical (unpaired) electrons. The topological polar surface area (TPSA) is 81.2 Å². The Morgan fingerprint density at radius 3 is 1.11 bits per heavy atom. The molecule has 8 heteroatoms. The van der Waals surface area contributed by atoms with Crippen molar-refractivity contribution in [3.63, 3.8) is 0 Å². The molecule has 8 nitrogen and oxygen atoms in total. The molecule has 196 valence electrons. The van der Waals surface area contributed by atoms with Crippen molar-refractivity contribution >= 4 is 35.3 Å². The first kappa shape index (κ1) is 26.3. The lowest BCUT2D eigenvalue weighted by Crippen LogP contribution is -1.96. The number of nitrogens with zero attached hydrogens (tertiary/aromatic N) is 2. The van der Waals surface area contributed by atoms with Gasteiger partial charge in [0.1, 0.15) is 0 Å². The molecular weight excluding hydrogens is 484 g/mol. The second-order valence-electron chi connectivity index (χ2n) is 8.07. The molecule has 0 atom stereocenters. The van der Waals surface area contributed by atoms with E-state index in [-0.39, 0.29) is 0 Å². The highest BCUT2D eigenvalue weighted by Crippen LogP contribution is 2.39. The summed E-state index contributed by atoms with van der Waals surface area (Å²) < 4.78 is 32.8. The number of methoxy groups -OCH3 is 6. The number of rotatable bonds is 10. The Hall–Kier alpha value is -4.72. The van der Waals surface area contributed by atoms with E-state index in [2.05, 4.69) is 0 Å². The zero-order valence-corrected chi connectivity index (χ0v) is 22.3. The van der Waals surface area contributed by atoms with Gasteiger partial charge in [-0.15, -0.1) is 0 Å². The van der Waals surface area contributed by atoms with Gasteiger partial charge in [-0.3, -0.25) is 0 Å². The number of hydrogen-bond donors (Lipinski definition) is 0. The fourth-order valence-electron chi connectivity index (χ4n) is 4.02. The first-order valence-electron chi connectivity index (χ1n) is 11.8. The van der Waals surface area contributed by atoms with Crippen molar-refractivity contribution < 1.29 is 28.4 Å². The molecule has 0 aliphatic rings. The van der Waals surface area contributed by atoms with Crippen molar-refractivity contribution in [1.29, 1.82) is 0 Å². The molecule has 38 heavy (non-hydrogen) atoms. The van der Waals surface area contributed by atoms with E-state index in [1.54, 1.807) is 42.7 Å². The molecule has 0 spiro atoms. The highest BCUT2D eigenvalue weighted by Gasteiger charge is 2.14. The van der Waals surface area contributed by atoms with E-state index < -0.39 is 0 Å². The van der Waals surface area contributed by atoms with Crippen molar-refractivity contribution in [1.82, 2.24) is 9.97 Å². The summed E-state index contributed by atoms with van der Waals surface area (Å²) in [4.78, 5) is 9.72. The Labute approximate surface area is 222 Å². The molecule has 0 amide bonds. The molecule has 3 aromatic carbocycles. The van der Waals surface area contributed by atoms with Crippen LogP contribution in [0.5, 0.6) is 34.5 Å². The van der Waals surface area contributed by atoms with Crippen LogP contribution in [0.25, 0.3) is 35.3 Å². The predicted molar refractivity (Wildman–Crippen MR) is 150 cm³/mol. The number of para-hydroxylation sites is 2. The third-order valence-electron chi connectivity index (χ3n) is 5.87. The van der Waals surface area contributed by atoms with E-state index in [1.165, 1.54) is 0 Å². The Balaban J connectivity index is 1.78. The summed E-state index contributed by atoms with van der Waals surface area (Å²) in [6.07, 6.45) is 7.68. The van der Waals surface area contributed by atoms with Crippen LogP contribution >= 0.6 is 0 Å². The van der Waals surface area contributed by atoms with Crippen LogP contribution in [0.1, 0.15) is 22.5 Å². The summed E-state index contributed by atoms with van der Waals surface area (Å²) in [5.74, 6) is 3.34. The van der Waals surface area contributed by atoms with Gasteiger partial charge in [0.05, 0.1) is 65.1 Å². The minimum Gasteiger partial charge on any atom is -0.493 e. The van der Waals surface area contributed by atoms with Gasteiger partial charge in [0.25, 0.3) is 0 Å². The summed E-state index contributed by atoms with van der Waals surface area (Å²) in [5, 5.41) is 0. The third kappa shape index (κ3) is 5.49. The SMILES string of the molecule is COc1cc(/C=C\c2nc3ccccc3nc2/C=C\c2cc(OC)c(OC)c(OC)c2)cc(OC)c1OC. The van der Waals surface area contributed by atoms with Crippen LogP contribution in [-0.4, -0.2) is 52.6 Å². The molecule has 0 bridgehead atoms. The fourth-order valence-corrected chi connectivity index (χ4v) is 4.02. The van der Waals surface area contributed by atoms with Gasteiger partial charge in [-0.2, -0.15) is 0 Å². The van der Waals surface area contributed by atoms with Gasteiger partial charge >= 0.3 is 0 Å². The minimum absolute atomic E-state index is 0.534. The maximum Gasteiger partial charge on any atom is 0.203 e. The molecule has 4 rings (SSSR count). The van der Waals surface area contributed by atoms with E-state index in [0.717, 1.165) is 22.2 Å². The average Bonchev–Trinajstić information content (AvgIpc) is 2.97. The van der Waals surface area contributed by atoms with Crippen molar-refractivity contribution in [2.45, 2.75) is 0 Å². The fraction of sp³-hybridized carbons (Fsp3) is 0.200. The van der Waals surface area contributed by atoms with Gasteiger partial charge in [0.15, 0.2) is 23.0 Å².